The Kier molecular flexibility index (Phi) is 9.45. The molecule has 3 aromatic carbocycles. The fourth-order valence-corrected chi connectivity index (χ4v) is 5.56. The molecule has 0 atom stereocenters. The number of amides is 2. The van der Waals surface area contributed by atoms with E-state index in [1.165, 1.54) is 24.8 Å². The molecular weight excluding hydrogens is 468 g/mol. The minimum atomic E-state index is -0.833. The number of carboxylic acid groups (broad SMARTS) is 1. The zero-order chi connectivity index (χ0) is 25.2. The molecule has 1 fully saturated rings. The largest absolute Gasteiger partial charge is 0.481 e. The summed E-state index contributed by atoms with van der Waals surface area (Å²) in [6.07, 6.45) is 7.55. The van der Waals surface area contributed by atoms with Gasteiger partial charge in [0.2, 0.25) is 0 Å². The highest BCUT2D eigenvalue weighted by Gasteiger charge is 2.21. The summed E-state index contributed by atoms with van der Waals surface area (Å²) in [5.41, 5.74) is 2.95. The van der Waals surface area contributed by atoms with Crippen molar-refractivity contribution >= 4 is 29.4 Å². The van der Waals surface area contributed by atoms with Crippen LogP contribution in [-0.4, -0.2) is 29.7 Å². The van der Waals surface area contributed by atoms with E-state index in [-0.39, 0.29) is 18.5 Å². The number of benzene rings is 3. The Balaban J connectivity index is 1.43. The Morgan fingerprint density at radius 3 is 2.31 bits per heavy atom. The Morgan fingerprint density at radius 1 is 0.861 bits per heavy atom. The average molecular weight is 503 g/mol. The van der Waals surface area contributed by atoms with E-state index in [1.807, 2.05) is 59.5 Å². The Hall–Kier alpha value is -3.25. The number of nitrogens with zero attached hydrogens (tertiary/aromatic N) is 1. The van der Waals surface area contributed by atoms with Crippen LogP contribution in [0.2, 0.25) is 0 Å². The number of nitrogens with one attached hydrogen (secondary N) is 1. The average Bonchev–Trinajstić information content (AvgIpc) is 2.88. The minimum Gasteiger partial charge on any atom is -0.481 e. The van der Waals surface area contributed by atoms with Gasteiger partial charge in [-0.05, 0) is 73.2 Å². The molecule has 0 heterocycles. The number of carboxylic acids is 1. The van der Waals surface area contributed by atoms with Crippen LogP contribution in [-0.2, 0) is 17.6 Å². The molecule has 2 N–H and O–H groups in total. The minimum absolute atomic E-state index is 0.0153. The topological polar surface area (TPSA) is 69.6 Å². The van der Waals surface area contributed by atoms with Crippen LogP contribution in [0.1, 0.15) is 49.7 Å². The van der Waals surface area contributed by atoms with Gasteiger partial charge in [-0.3, -0.25) is 9.69 Å². The first-order valence-electron chi connectivity index (χ1n) is 12.8. The van der Waals surface area contributed by atoms with Gasteiger partial charge in [-0.25, -0.2) is 4.79 Å². The molecule has 5 nitrogen and oxygen atoms in total. The van der Waals surface area contributed by atoms with Crippen LogP contribution in [0, 0.1) is 0 Å². The number of rotatable bonds is 10. The van der Waals surface area contributed by atoms with Crippen LogP contribution in [0.4, 0.5) is 10.5 Å². The van der Waals surface area contributed by atoms with Crippen LogP contribution in [0.15, 0.2) is 88.7 Å². The van der Waals surface area contributed by atoms with Gasteiger partial charge < -0.3 is 10.4 Å². The van der Waals surface area contributed by atoms with Gasteiger partial charge >= 0.3 is 12.0 Å². The quantitative estimate of drug-likeness (QED) is 0.315. The summed E-state index contributed by atoms with van der Waals surface area (Å²) in [6.45, 7) is 0.650. The molecule has 1 aliphatic carbocycles. The summed E-state index contributed by atoms with van der Waals surface area (Å²) in [5.74, 6) is -0.833. The number of urea groups is 1. The van der Waals surface area contributed by atoms with Gasteiger partial charge in [-0.15, -0.1) is 0 Å². The van der Waals surface area contributed by atoms with Crippen LogP contribution in [0.25, 0.3) is 0 Å². The molecule has 0 spiro atoms. The van der Waals surface area contributed by atoms with E-state index in [4.69, 9.17) is 5.11 Å². The number of hydrogen-bond donors (Lipinski definition) is 2. The van der Waals surface area contributed by atoms with Crippen LogP contribution < -0.4 is 10.2 Å². The summed E-state index contributed by atoms with van der Waals surface area (Å²) in [4.78, 5) is 28.3. The molecule has 3 aromatic rings. The summed E-state index contributed by atoms with van der Waals surface area (Å²) in [6, 6.07) is 26.3. The summed E-state index contributed by atoms with van der Waals surface area (Å²) < 4.78 is 0. The van der Waals surface area contributed by atoms with Crippen LogP contribution >= 0.6 is 11.8 Å². The van der Waals surface area contributed by atoms with E-state index in [1.54, 1.807) is 11.8 Å². The third kappa shape index (κ3) is 7.89. The molecule has 0 saturated heterocycles. The molecule has 0 radical (unpaired) electrons. The molecule has 1 saturated carbocycles. The lowest BCUT2D eigenvalue weighted by Gasteiger charge is -2.28. The highest BCUT2D eigenvalue weighted by Crippen LogP contribution is 2.30. The molecule has 0 aliphatic heterocycles. The first kappa shape index (κ1) is 25.8. The van der Waals surface area contributed by atoms with Gasteiger partial charge in [0.25, 0.3) is 0 Å². The normalized spacial score (nSPS) is 13.8. The molecule has 1 aliphatic rings. The van der Waals surface area contributed by atoms with Crippen molar-refractivity contribution in [3.63, 3.8) is 0 Å². The highest BCUT2D eigenvalue weighted by molar-refractivity contribution is 7.99. The molecule has 0 aromatic heterocycles. The summed E-state index contributed by atoms with van der Waals surface area (Å²) >= 11 is 1.59. The first-order valence-corrected chi connectivity index (χ1v) is 13.6. The zero-order valence-electron chi connectivity index (χ0n) is 20.6. The van der Waals surface area contributed by atoms with E-state index in [0.29, 0.717) is 6.54 Å². The maximum atomic E-state index is 13.3. The Labute approximate surface area is 217 Å². The number of aliphatic carboxylic acids is 1. The molecule has 36 heavy (non-hydrogen) atoms. The monoisotopic (exact) mass is 502 g/mol. The molecule has 0 unspecified atom stereocenters. The number of anilines is 1. The van der Waals surface area contributed by atoms with E-state index in [0.717, 1.165) is 46.7 Å². The summed E-state index contributed by atoms with van der Waals surface area (Å²) in [7, 11) is 0. The third-order valence-electron chi connectivity index (χ3n) is 6.51. The van der Waals surface area contributed by atoms with E-state index < -0.39 is 5.97 Å². The SMILES string of the molecule is O=C(O)Cc1cccc(Sc2ccc(N(CCCc3ccccc3)C(=O)NC3CCCCC3)cc2)c1. The predicted octanol–water partition coefficient (Wildman–Crippen LogP) is 6.95. The molecular formula is C30H34N2O3S. The lowest BCUT2D eigenvalue weighted by atomic mass is 9.96. The summed E-state index contributed by atoms with van der Waals surface area (Å²) in [5, 5.41) is 12.3. The molecule has 188 valence electrons. The Morgan fingerprint density at radius 2 is 1.58 bits per heavy atom. The van der Waals surface area contributed by atoms with Gasteiger partial charge in [0.1, 0.15) is 0 Å². The lowest BCUT2D eigenvalue weighted by molar-refractivity contribution is -0.136. The van der Waals surface area contributed by atoms with Crippen molar-refractivity contribution in [3.8, 4) is 0 Å². The van der Waals surface area contributed by atoms with Crippen molar-refractivity contribution < 1.29 is 14.7 Å². The van der Waals surface area contributed by atoms with Gasteiger partial charge in [0.15, 0.2) is 0 Å². The van der Waals surface area contributed by atoms with Crippen LogP contribution in [0.5, 0.6) is 0 Å². The Bertz CT molecular complexity index is 1130. The third-order valence-corrected chi connectivity index (χ3v) is 7.50. The zero-order valence-corrected chi connectivity index (χ0v) is 21.4. The molecule has 6 heteroatoms. The maximum Gasteiger partial charge on any atom is 0.322 e. The maximum absolute atomic E-state index is 13.3. The van der Waals surface area contributed by atoms with E-state index >= 15 is 0 Å². The van der Waals surface area contributed by atoms with Gasteiger partial charge in [0, 0.05) is 28.1 Å². The fourth-order valence-electron chi connectivity index (χ4n) is 4.66. The fraction of sp³-hybridized carbons (Fsp3) is 0.333. The van der Waals surface area contributed by atoms with Crippen molar-refractivity contribution in [3.05, 3.63) is 90.0 Å². The molecule has 2 amide bonds. The second-order valence-electron chi connectivity index (χ2n) is 9.34. The van der Waals surface area contributed by atoms with Crippen molar-refractivity contribution in [2.75, 3.05) is 11.4 Å². The molecule has 4 rings (SSSR count). The number of carbonyl (C=O) groups excluding carboxylic acids is 1. The second-order valence-corrected chi connectivity index (χ2v) is 10.5. The van der Waals surface area contributed by atoms with E-state index in [2.05, 4.69) is 29.6 Å². The van der Waals surface area contributed by atoms with Crippen LogP contribution in [0.3, 0.4) is 0 Å². The van der Waals surface area contributed by atoms with Crippen molar-refractivity contribution in [2.24, 2.45) is 0 Å². The standard InChI is InChI=1S/C30H34N2O3S/c33-29(34)22-24-11-7-15-28(21-24)36-27-18-16-26(17-19-27)32(20-8-12-23-9-3-1-4-10-23)30(35)31-25-13-5-2-6-14-25/h1,3-4,7,9-11,15-19,21,25H,2,5-6,8,12-14,20,22H2,(H,31,35)(H,33,34). The van der Waals surface area contributed by atoms with Gasteiger partial charge in [-0.1, -0.05) is 73.5 Å². The van der Waals surface area contributed by atoms with Crippen molar-refractivity contribution in [2.45, 2.75) is 67.2 Å². The number of hydrogen-bond acceptors (Lipinski definition) is 3. The highest BCUT2D eigenvalue weighted by atomic mass is 32.2. The number of aryl methyl sites for hydroxylation is 1. The van der Waals surface area contributed by atoms with Gasteiger partial charge in [-0.2, -0.15) is 0 Å². The lowest BCUT2D eigenvalue weighted by Crippen LogP contribution is -2.46. The predicted molar refractivity (Wildman–Crippen MR) is 146 cm³/mol. The second kappa shape index (κ2) is 13.2. The smallest absolute Gasteiger partial charge is 0.322 e. The van der Waals surface area contributed by atoms with Gasteiger partial charge in [0.05, 0.1) is 6.42 Å². The molecule has 0 bridgehead atoms. The van der Waals surface area contributed by atoms with Crippen molar-refractivity contribution in [1.82, 2.24) is 5.32 Å². The van der Waals surface area contributed by atoms with Crippen molar-refractivity contribution in [1.29, 1.82) is 0 Å². The first-order chi connectivity index (χ1) is 17.6. The number of carbonyl (C=O) groups is 2. The van der Waals surface area contributed by atoms with E-state index in [9.17, 15) is 9.59 Å².